The molecule has 154 valence electrons. The third-order valence-electron chi connectivity index (χ3n) is 6.30. The molecule has 1 atom stereocenters. The fourth-order valence-electron chi connectivity index (χ4n) is 4.33. The highest BCUT2D eigenvalue weighted by atomic mass is 35.5. The number of piperazine rings is 1. The van der Waals surface area contributed by atoms with Crippen LogP contribution in [0, 0.1) is 20.8 Å². The van der Waals surface area contributed by atoms with Crippen LogP contribution in [0.4, 0.5) is 5.69 Å². The first-order chi connectivity index (χ1) is 13.8. The molecule has 2 heterocycles. The van der Waals surface area contributed by atoms with Crippen LogP contribution in [0.5, 0.6) is 11.5 Å². The highest BCUT2D eigenvalue weighted by Crippen LogP contribution is 2.42. The molecule has 0 saturated carbocycles. The van der Waals surface area contributed by atoms with Crippen molar-refractivity contribution in [2.45, 2.75) is 33.3 Å². The molecule has 0 aliphatic carbocycles. The standard InChI is InChI=1S/C24H29ClN2O2/c1-16-17(2)23-21(18(3)22(16)28)9-10-24(4,29-23)15-26-11-13-27(14-12-26)20-7-5-19(25)6-8-20/h5-10,28H,11-15H2,1-4H3. The summed E-state index contributed by atoms with van der Waals surface area (Å²) in [6.45, 7) is 12.9. The molecule has 4 nitrogen and oxygen atoms in total. The molecule has 1 N–H and O–H groups in total. The minimum atomic E-state index is -0.379. The van der Waals surface area contributed by atoms with Gasteiger partial charge in [-0.2, -0.15) is 0 Å². The topological polar surface area (TPSA) is 35.9 Å². The van der Waals surface area contributed by atoms with Crippen LogP contribution >= 0.6 is 11.6 Å². The maximum atomic E-state index is 10.4. The summed E-state index contributed by atoms with van der Waals surface area (Å²) in [5, 5.41) is 11.1. The molecule has 2 aliphatic rings. The fourth-order valence-corrected chi connectivity index (χ4v) is 4.46. The molecule has 2 aliphatic heterocycles. The van der Waals surface area contributed by atoms with E-state index in [9.17, 15) is 5.11 Å². The molecule has 0 radical (unpaired) electrons. The largest absolute Gasteiger partial charge is 0.507 e. The average Bonchev–Trinajstić information content (AvgIpc) is 2.72. The van der Waals surface area contributed by atoms with Crippen molar-refractivity contribution in [3.63, 3.8) is 0 Å². The van der Waals surface area contributed by atoms with E-state index in [1.54, 1.807) is 0 Å². The van der Waals surface area contributed by atoms with Gasteiger partial charge in [0, 0.05) is 54.6 Å². The van der Waals surface area contributed by atoms with Crippen LogP contribution in [0.1, 0.15) is 29.2 Å². The Morgan fingerprint density at radius 3 is 2.31 bits per heavy atom. The lowest BCUT2D eigenvalue weighted by Crippen LogP contribution is -2.52. The van der Waals surface area contributed by atoms with E-state index in [0.717, 1.165) is 65.7 Å². The van der Waals surface area contributed by atoms with Gasteiger partial charge in [0.05, 0.1) is 0 Å². The molecule has 2 aromatic rings. The van der Waals surface area contributed by atoms with Crippen LogP contribution in [-0.2, 0) is 0 Å². The summed E-state index contributed by atoms with van der Waals surface area (Å²) in [6, 6.07) is 8.08. The second-order valence-electron chi connectivity index (χ2n) is 8.45. The first-order valence-corrected chi connectivity index (χ1v) is 10.6. The van der Waals surface area contributed by atoms with Gasteiger partial charge in [-0.25, -0.2) is 0 Å². The fraction of sp³-hybridized carbons (Fsp3) is 0.417. The van der Waals surface area contributed by atoms with E-state index in [-0.39, 0.29) is 5.60 Å². The van der Waals surface area contributed by atoms with E-state index in [4.69, 9.17) is 16.3 Å². The minimum Gasteiger partial charge on any atom is -0.507 e. The van der Waals surface area contributed by atoms with E-state index in [2.05, 4.69) is 41.0 Å². The van der Waals surface area contributed by atoms with Crippen LogP contribution < -0.4 is 9.64 Å². The number of aromatic hydroxyl groups is 1. The highest BCUT2D eigenvalue weighted by molar-refractivity contribution is 6.30. The lowest BCUT2D eigenvalue weighted by molar-refractivity contribution is 0.0785. The van der Waals surface area contributed by atoms with Crippen molar-refractivity contribution in [1.82, 2.24) is 4.90 Å². The number of hydrogen-bond acceptors (Lipinski definition) is 4. The van der Waals surface area contributed by atoms with Crippen LogP contribution in [0.3, 0.4) is 0 Å². The van der Waals surface area contributed by atoms with Gasteiger partial charge in [-0.1, -0.05) is 17.7 Å². The Kier molecular flexibility index (Phi) is 5.26. The molecular formula is C24H29ClN2O2. The summed E-state index contributed by atoms with van der Waals surface area (Å²) in [4.78, 5) is 4.87. The second-order valence-corrected chi connectivity index (χ2v) is 8.89. The van der Waals surface area contributed by atoms with Crippen molar-refractivity contribution in [1.29, 1.82) is 0 Å². The zero-order valence-corrected chi connectivity index (χ0v) is 18.4. The SMILES string of the molecule is Cc1c(C)c2c(c(C)c1O)C=CC(C)(CN1CCN(c3ccc(Cl)cc3)CC1)O2. The third-order valence-corrected chi connectivity index (χ3v) is 6.55. The number of anilines is 1. The Bertz CT molecular complexity index is 947. The van der Waals surface area contributed by atoms with Crippen molar-refractivity contribution in [2.75, 3.05) is 37.6 Å². The van der Waals surface area contributed by atoms with E-state index >= 15 is 0 Å². The molecule has 29 heavy (non-hydrogen) atoms. The van der Waals surface area contributed by atoms with Gasteiger partial charge >= 0.3 is 0 Å². The Hall–Kier alpha value is -2.17. The number of phenolic OH excluding ortho intramolecular Hbond substituents is 1. The molecule has 4 rings (SSSR count). The summed E-state index contributed by atoms with van der Waals surface area (Å²) in [6.07, 6.45) is 4.26. The zero-order chi connectivity index (χ0) is 20.8. The van der Waals surface area contributed by atoms with Gasteiger partial charge < -0.3 is 14.7 Å². The minimum absolute atomic E-state index is 0.372. The van der Waals surface area contributed by atoms with Crippen LogP contribution in [0.2, 0.25) is 5.02 Å². The first kappa shape index (κ1) is 20.1. The number of phenols is 1. The van der Waals surface area contributed by atoms with Crippen molar-refractivity contribution < 1.29 is 9.84 Å². The van der Waals surface area contributed by atoms with Crippen LogP contribution in [0.15, 0.2) is 30.3 Å². The van der Waals surface area contributed by atoms with E-state index in [1.807, 2.05) is 32.9 Å². The van der Waals surface area contributed by atoms with E-state index in [1.165, 1.54) is 5.69 Å². The molecular weight excluding hydrogens is 384 g/mol. The third kappa shape index (κ3) is 3.84. The quantitative estimate of drug-likeness (QED) is 0.773. The molecule has 0 bridgehead atoms. The maximum Gasteiger partial charge on any atom is 0.137 e. The summed E-state index contributed by atoms with van der Waals surface area (Å²) < 4.78 is 6.53. The average molecular weight is 413 g/mol. The number of benzene rings is 2. The summed E-state index contributed by atoms with van der Waals surface area (Å²) in [7, 11) is 0. The molecule has 5 heteroatoms. The number of fused-ring (bicyclic) bond motifs is 1. The summed E-state index contributed by atoms with van der Waals surface area (Å²) in [5.74, 6) is 1.28. The first-order valence-electron chi connectivity index (χ1n) is 10.2. The van der Waals surface area contributed by atoms with E-state index < -0.39 is 0 Å². The number of halogens is 1. The van der Waals surface area contributed by atoms with Gasteiger partial charge in [0.2, 0.25) is 0 Å². The Labute approximate surface area is 178 Å². The predicted octanol–water partition coefficient (Wildman–Crippen LogP) is 4.96. The van der Waals surface area contributed by atoms with Gasteiger partial charge in [0.1, 0.15) is 17.1 Å². The zero-order valence-electron chi connectivity index (χ0n) is 17.6. The van der Waals surface area contributed by atoms with Gasteiger partial charge in [0.25, 0.3) is 0 Å². The van der Waals surface area contributed by atoms with Crippen LogP contribution in [-0.4, -0.2) is 48.3 Å². The van der Waals surface area contributed by atoms with Gasteiger partial charge in [-0.3, -0.25) is 4.90 Å². The molecule has 1 fully saturated rings. The highest BCUT2D eigenvalue weighted by Gasteiger charge is 2.33. The number of nitrogens with zero attached hydrogens (tertiary/aromatic N) is 2. The monoisotopic (exact) mass is 412 g/mol. The Morgan fingerprint density at radius 2 is 1.66 bits per heavy atom. The number of hydrogen-bond donors (Lipinski definition) is 1. The maximum absolute atomic E-state index is 10.4. The molecule has 2 aromatic carbocycles. The molecule has 1 saturated heterocycles. The number of rotatable bonds is 3. The summed E-state index contributed by atoms with van der Waals surface area (Å²) in [5.41, 5.74) is 4.65. The van der Waals surface area contributed by atoms with Crippen molar-refractivity contribution in [3.05, 3.63) is 57.6 Å². The van der Waals surface area contributed by atoms with E-state index in [0.29, 0.717) is 5.75 Å². The number of ether oxygens (including phenoxy) is 1. The normalized spacial score (nSPS) is 21.8. The van der Waals surface area contributed by atoms with Crippen molar-refractivity contribution in [2.24, 2.45) is 0 Å². The van der Waals surface area contributed by atoms with Gasteiger partial charge in [-0.15, -0.1) is 0 Å². The summed E-state index contributed by atoms with van der Waals surface area (Å²) >= 11 is 6.01. The molecule has 1 unspecified atom stereocenters. The smallest absolute Gasteiger partial charge is 0.137 e. The lowest BCUT2D eigenvalue weighted by atomic mass is 9.92. The molecule has 0 aromatic heterocycles. The second kappa shape index (κ2) is 7.58. The van der Waals surface area contributed by atoms with Gasteiger partial charge in [0.15, 0.2) is 0 Å². The lowest BCUT2D eigenvalue weighted by Gasteiger charge is -2.41. The molecule has 0 amide bonds. The van der Waals surface area contributed by atoms with Crippen molar-refractivity contribution in [3.8, 4) is 11.5 Å². The Morgan fingerprint density at radius 1 is 1.00 bits per heavy atom. The van der Waals surface area contributed by atoms with Crippen LogP contribution in [0.25, 0.3) is 6.08 Å². The van der Waals surface area contributed by atoms with Gasteiger partial charge in [-0.05, 0) is 69.2 Å². The van der Waals surface area contributed by atoms with Crippen molar-refractivity contribution >= 4 is 23.4 Å². The predicted molar refractivity (Wildman–Crippen MR) is 120 cm³/mol. The molecule has 0 spiro atoms. The Balaban J connectivity index is 1.45.